The Balaban J connectivity index is 1.87. The summed E-state index contributed by atoms with van der Waals surface area (Å²) in [5.74, 6) is -0.322. The van der Waals surface area contributed by atoms with Crippen LogP contribution in [0.15, 0.2) is 47.4 Å². The second-order valence-electron chi connectivity index (χ2n) is 8.55. The van der Waals surface area contributed by atoms with Gasteiger partial charge in [-0.2, -0.15) is 10.4 Å². The van der Waals surface area contributed by atoms with E-state index in [-0.39, 0.29) is 40.5 Å². The number of sulfonamides is 1. The molecule has 0 aliphatic carbocycles. The van der Waals surface area contributed by atoms with Crippen molar-refractivity contribution in [2.24, 2.45) is 7.05 Å². The lowest BCUT2D eigenvalue weighted by Gasteiger charge is -2.20. The van der Waals surface area contributed by atoms with Crippen LogP contribution in [0.1, 0.15) is 42.3 Å². The molecule has 11 heteroatoms. The van der Waals surface area contributed by atoms with Gasteiger partial charge in [0.2, 0.25) is 5.91 Å². The number of anilines is 2. The van der Waals surface area contributed by atoms with E-state index in [2.05, 4.69) is 15.1 Å². The zero-order valence-electron chi connectivity index (χ0n) is 19.7. The maximum Gasteiger partial charge on any atom is 0.262 e. The summed E-state index contributed by atoms with van der Waals surface area (Å²) < 4.78 is 31.1. The quantitative estimate of drug-likeness (QED) is 0.542. The first-order chi connectivity index (χ1) is 16.5. The largest absolute Gasteiger partial charge is 0.332 e. The molecular weight excluding hydrogens is 468 g/mol. The van der Waals surface area contributed by atoms with E-state index in [1.54, 1.807) is 36.2 Å². The minimum absolute atomic E-state index is 0.121. The van der Waals surface area contributed by atoms with E-state index in [9.17, 15) is 18.0 Å². The number of amides is 2. The van der Waals surface area contributed by atoms with E-state index in [0.717, 1.165) is 0 Å². The number of fused-ring (bicyclic) bond motifs is 1. The molecule has 0 saturated carbocycles. The lowest BCUT2D eigenvalue weighted by molar-refractivity contribution is -0.114. The first-order valence-electron chi connectivity index (χ1n) is 10.8. The van der Waals surface area contributed by atoms with Gasteiger partial charge in [-0.15, -0.1) is 0 Å². The van der Waals surface area contributed by atoms with Crippen molar-refractivity contribution in [3.05, 3.63) is 59.2 Å². The topological polar surface area (TPSA) is 137 Å². The summed E-state index contributed by atoms with van der Waals surface area (Å²) >= 11 is 0. The van der Waals surface area contributed by atoms with Crippen LogP contribution in [0, 0.1) is 11.3 Å². The predicted octanol–water partition coefficient (Wildman–Crippen LogP) is 3.08. The summed E-state index contributed by atoms with van der Waals surface area (Å²) in [6, 6.07) is 12.8. The van der Waals surface area contributed by atoms with E-state index in [1.165, 1.54) is 29.8 Å². The Hall–Kier alpha value is -4.17. The highest BCUT2D eigenvalue weighted by molar-refractivity contribution is 7.92. The summed E-state index contributed by atoms with van der Waals surface area (Å²) in [7, 11) is -2.53. The van der Waals surface area contributed by atoms with Gasteiger partial charge < -0.3 is 10.2 Å². The van der Waals surface area contributed by atoms with E-state index >= 15 is 0 Å². The molecule has 10 nitrogen and oxygen atoms in total. The van der Waals surface area contributed by atoms with Gasteiger partial charge in [0.25, 0.3) is 15.9 Å². The van der Waals surface area contributed by atoms with Crippen molar-refractivity contribution in [3.63, 3.8) is 0 Å². The van der Waals surface area contributed by atoms with E-state index in [1.807, 2.05) is 19.9 Å². The number of hydrogen-bond donors (Lipinski definition) is 2. The van der Waals surface area contributed by atoms with Gasteiger partial charge >= 0.3 is 0 Å². The van der Waals surface area contributed by atoms with E-state index in [0.29, 0.717) is 28.2 Å². The monoisotopic (exact) mass is 492 g/mol. The lowest BCUT2D eigenvalue weighted by atomic mass is 10.0. The Bertz CT molecular complexity index is 1500. The van der Waals surface area contributed by atoms with Gasteiger partial charge in [-0.1, -0.05) is 6.07 Å². The minimum atomic E-state index is -4.21. The average molecular weight is 493 g/mol. The van der Waals surface area contributed by atoms with Crippen LogP contribution in [0.4, 0.5) is 11.5 Å². The average Bonchev–Trinajstić information content (AvgIpc) is 3.31. The Morgan fingerprint density at radius 3 is 2.60 bits per heavy atom. The molecule has 0 radical (unpaired) electrons. The summed E-state index contributed by atoms with van der Waals surface area (Å²) in [6.07, 6.45) is 0. The van der Waals surface area contributed by atoms with Gasteiger partial charge in [-0.25, -0.2) is 8.42 Å². The summed E-state index contributed by atoms with van der Waals surface area (Å²) in [5.41, 5.74) is 2.30. The van der Waals surface area contributed by atoms with Crippen molar-refractivity contribution in [2.45, 2.75) is 38.3 Å². The molecule has 0 spiro atoms. The molecule has 1 aliphatic rings. The standard InChI is InChI=1S/C24H24N6O4S/c1-14(2)30-13-18-9-17(20-11-22(26-15(3)31)27-29(20)4)10-21(23(18)24(30)32)35(33,34)28-19-7-5-6-16(8-19)12-25/h5-11,14,28H,13H2,1-4H3,(H,26,27,31). The minimum Gasteiger partial charge on any atom is -0.332 e. The highest BCUT2D eigenvalue weighted by Crippen LogP contribution is 2.36. The van der Waals surface area contributed by atoms with Crippen LogP contribution in [0.25, 0.3) is 11.3 Å². The number of hydrogen-bond acceptors (Lipinski definition) is 6. The molecule has 0 unspecified atom stereocenters. The number of benzene rings is 2. The fraction of sp³-hybridized carbons (Fsp3) is 0.250. The number of nitrogens with zero attached hydrogens (tertiary/aromatic N) is 4. The third-order valence-corrected chi connectivity index (χ3v) is 7.04. The molecule has 3 aromatic rings. The SMILES string of the molecule is CC(=O)Nc1cc(-c2cc3c(c(S(=O)(=O)Nc4cccc(C#N)c4)c2)C(=O)N(C(C)C)C3)n(C)n1. The molecule has 0 saturated heterocycles. The molecule has 0 fully saturated rings. The molecule has 0 atom stereocenters. The fourth-order valence-electron chi connectivity index (χ4n) is 4.06. The molecule has 2 amide bonds. The van der Waals surface area contributed by atoms with Gasteiger partial charge in [0, 0.05) is 38.2 Å². The van der Waals surface area contributed by atoms with Gasteiger partial charge in [-0.3, -0.25) is 19.0 Å². The summed E-state index contributed by atoms with van der Waals surface area (Å²) in [6.45, 7) is 5.37. The third-order valence-electron chi connectivity index (χ3n) is 5.64. The Morgan fingerprint density at radius 1 is 1.20 bits per heavy atom. The predicted molar refractivity (Wildman–Crippen MR) is 130 cm³/mol. The number of nitrogens with one attached hydrogen (secondary N) is 2. The van der Waals surface area contributed by atoms with Gasteiger partial charge in [-0.05, 0) is 49.7 Å². The maximum atomic E-state index is 13.6. The molecule has 2 N–H and O–H groups in total. The molecule has 1 aliphatic heterocycles. The van der Waals surface area contributed by atoms with Crippen molar-refractivity contribution in [2.75, 3.05) is 10.0 Å². The van der Waals surface area contributed by atoms with Crippen LogP contribution in [-0.4, -0.2) is 41.0 Å². The van der Waals surface area contributed by atoms with E-state index in [4.69, 9.17) is 5.26 Å². The molecule has 2 heterocycles. The normalized spacial score (nSPS) is 13.0. The fourth-order valence-corrected chi connectivity index (χ4v) is 5.37. The number of carbonyl (C=O) groups is 2. The van der Waals surface area contributed by atoms with Gasteiger partial charge in [0.05, 0.1) is 28.6 Å². The highest BCUT2D eigenvalue weighted by Gasteiger charge is 2.36. The van der Waals surface area contributed by atoms with Crippen molar-refractivity contribution < 1.29 is 18.0 Å². The van der Waals surface area contributed by atoms with Crippen LogP contribution in [0.2, 0.25) is 0 Å². The van der Waals surface area contributed by atoms with Gasteiger partial charge in [0.15, 0.2) is 5.82 Å². The maximum absolute atomic E-state index is 13.6. The van der Waals surface area contributed by atoms with E-state index < -0.39 is 10.0 Å². The smallest absolute Gasteiger partial charge is 0.262 e. The first-order valence-corrected chi connectivity index (χ1v) is 12.3. The molecule has 2 aromatic carbocycles. The number of carbonyl (C=O) groups excluding carboxylic acids is 2. The number of nitriles is 1. The van der Waals surface area contributed by atoms with Crippen molar-refractivity contribution in [1.82, 2.24) is 14.7 Å². The zero-order chi connectivity index (χ0) is 25.5. The van der Waals surface area contributed by atoms with Gasteiger partial charge in [0.1, 0.15) is 4.90 Å². The van der Waals surface area contributed by atoms with Crippen LogP contribution < -0.4 is 10.0 Å². The van der Waals surface area contributed by atoms with Crippen LogP contribution in [0.3, 0.4) is 0 Å². The van der Waals surface area contributed by atoms with Crippen LogP contribution >= 0.6 is 0 Å². The lowest BCUT2D eigenvalue weighted by Crippen LogP contribution is -2.31. The molecular formula is C24H24N6O4S. The summed E-state index contributed by atoms with van der Waals surface area (Å²) in [4.78, 5) is 26.1. The van der Waals surface area contributed by atoms with Crippen molar-refractivity contribution in [3.8, 4) is 17.3 Å². The van der Waals surface area contributed by atoms with Crippen molar-refractivity contribution >= 4 is 33.3 Å². The zero-order valence-corrected chi connectivity index (χ0v) is 20.5. The number of aromatic nitrogens is 2. The number of rotatable bonds is 6. The Morgan fingerprint density at radius 2 is 1.94 bits per heavy atom. The molecule has 1 aromatic heterocycles. The highest BCUT2D eigenvalue weighted by atomic mass is 32.2. The molecule has 0 bridgehead atoms. The molecule has 35 heavy (non-hydrogen) atoms. The Labute approximate surface area is 203 Å². The molecule has 4 rings (SSSR count). The summed E-state index contributed by atoms with van der Waals surface area (Å²) in [5, 5.41) is 16.0. The first kappa shape index (κ1) is 24.0. The van der Waals surface area contributed by atoms with Crippen molar-refractivity contribution in [1.29, 1.82) is 5.26 Å². The van der Waals surface area contributed by atoms with Crippen LogP contribution in [0.5, 0.6) is 0 Å². The second-order valence-corrected chi connectivity index (χ2v) is 10.2. The molecule has 180 valence electrons. The van der Waals surface area contributed by atoms with Crippen LogP contribution in [-0.2, 0) is 28.4 Å². The second kappa shape index (κ2) is 8.88. The Kier molecular flexibility index (Phi) is 6.08. The number of aryl methyl sites for hydroxylation is 1. The third kappa shape index (κ3) is 4.61.